The van der Waals surface area contributed by atoms with Crippen LogP contribution in [0.3, 0.4) is 0 Å². The smallest absolute Gasteiger partial charge is 0.0229 e. The average Bonchev–Trinajstić information content (AvgIpc) is 2.44. The fourth-order valence-electron chi connectivity index (χ4n) is 3.79. The summed E-state index contributed by atoms with van der Waals surface area (Å²) in [5, 5.41) is 0. The van der Waals surface area contributed by atoms with Crippen molar-refractivity contribution in [1.29, 1.82) is 0 Å². The third kappa shape index (κ3) is 6.95. The summed E-state index contributed by atoms with van der Waals surface area (Å²) >= 11 is 4.90. The standard InChI is InChI=1S/C19H39NS/c1-5-7-9-10-11-14-18(3,13-8-6-2)20-16-12-15-19(4,21)17-20/h21H,5-17H2,1-4H3. The van der Waals surface area contributed by atoms with Gasteiger partial charge in [0.1, 0.15) is 0 Å². The van der Waals surface area contributed by atoms with Crippen molar-refractivity contribution in [3.8, 4) is 0 Å². The van der Waals surface area contributed by atoms with Gasteiger partial charge in [0.05, 0.1) is 0 Å². The zero-order valence-electron chi connectivity index (χ0n) is 15.1. The molecular weight excluding hydrogens is 274 g/mol. The van der Waals surface area contributed by atoms with Crippen LogP contribution < -0.4 is 0 Å². The Bertz CT molecular complexity index is 277. The number of rotatable bonds is 10. The van der Waals surface area contributed by atoms with E-state index >= 15 is 0 Å². The van der Waals surface area contributed by atoms with Crippen molar-refractivity contribution in [3.05, 3.63) is 0 Å². The summed E-state index contributed by atoms with van der Waals surface area (Å²) in [6.45, 7) is 11.9. The lowest BCUT2D eigenvalue weighted by Crippen LogP contribution is -2.54. The Morgan fingerprint density at radius 2 is 1.62 bits per heavy atom. The van der Waals surface area contributed by atoms with Crippen LogP contribution in [0.5, 0.6) is 0 Å². The first-order chi connectivity index (χ1) is 9.93. The Morgan fingerprint density at radius 3 is 2.24 bits per heavy atom. The number of thiol groups is 1. The van der Waals surface area contributed by atoms with Crippen LogP contribution in [0.25, 0.3) is 0 Å². The second-order valence-electron chi connectivity index (χ2n) is 7.79. The second-order valence-corrected chi connectivity index (χ2v) is 8.87. The van der Waals surface area contributed by atoms with E-state index < -0.39 is 0 Å². The third-order valence-corrected chi connectivity index (χ3v) is 5.69. The Labute approximate surface area is 139 Å². The lowest BCUT2D eigenvalue weighted by atomic mass is 9.84. The van der Waals surface area contributed by atoms with E-state index in [1.807, 2.05) is 0 Å². The molecule has 126 valence electrons. The van der Waals surface area contributed by atoms with Crippen LogP contribution >= 0.6 is 12.6 Å². The van der Waals surface area contributed by atoms with Gasteiger partial charge < -0.3 is 0 Å². The quantitative estimate of drug-likeness (QED) is 0.378. The summed E-state index contributed by atoms with van der Waals surface area (Å²) < 4.78 is 0.216. The van der Waals surface area contributed by atoms with E-state index in [2.05, 4.69) is 32.6 Å². The lowest BCUT2D eigenvalue weighted by molar-refractivity contribution is 0.0498. The van der Waals surface area contributed by atoms with E-state index in [-0.39, 0.29) is 4.75 Å². The molecule has 1 fully saturated rings. The van der Waals surface area contributed by atoms with Gasteiger partial charge in [0.15, 0.2) is 0 Å². The summed E-state index contributed by atoms with van der Waals surface area (Å²) in [4.78, 5) is 2.78. The zero-order valence-corrected chi connectivity index (χ0v) is 16.0. The predicted octanol–water partition coefficient (Wildman–Crippen LogP) is 6.08. The van der Waals surface area contributed by atoms with Gasteiger partial charge in [-0.15, -0.1) is 0 Å². The van der Waals surface area contributed by atoms with Gasteiger partial charge in [-0.1, -0.05) is 58.8 Å². The fraction of sp³-hybridized carbons (Fsp3) is 1.00. The van der Waals surface area contributed by atoms with E-state index in [0.29, 0.717) is 5.54 Å². The van der Waals surface area contributed by atoms with Crippen molar-refractivity contribution >= 4 is 12.6 Å². The van der Waals surface area contributed by atoms with Gasteiger partial charge in [0.25, 0.3) is 0 Å². The number of hydrogen-bond donors (Lipinski definition) is 1. The molecule has 0 bridgehead atoms. The number of nitrogens with zero attached hydrogens (tertiary/aromatic N) is 1. The number of likely N-dealkylation sites (tertiary alicyclic amines) is 1. The number of hydrogen-bond acceptors (Lipinski definition) is 2. The van der Waals surface area contributed by atoms with Crippen LogP contribution in [0.15, 0.2) is 0 Å². The summed E-state index contributed by atoms with van der Waals surface area (Å²) in [7, 11) is 0. The molecule has 1 nitrogen and oxygen atoms in total. The molecule has 0 N–H and O–H groups in total. The molecule has 21 heavy (non-hydrogen) atoms. The van der Waals surface area contributed by atoms with Gasteiger partial charge in [-0.2, -0.15) is 12.6 Å². The first-order valence-electron chi connectivity index (χ1n) is 9.41. The first-order valence-corrected chi connectivity index (χ1v) is 9.86. The molecule has 1 saturated heterocycles. The summed E-state index contributed by atoms with van der Waals surface area (Å²) in [6.07, 6.45) is 15.0. The molecule has 0 aromatic carbocycles. The van der Waals surface area contributed by atoms with Crippen molar-refractivity contribution in [2.45, 2.75) is 109 Å². The van der Waals surface area contributed by atoms with Crippen molar-refractivity contribution < 1.29 is 0 Å². The Balaban J connectivity index is 2.55. The van der Waals surface area contributed by atoms with Crippen LogP contribution in [0, 0.1) is 0 Å². The van der Waals surface area contributed by atoms with Gasteiger partial charge in [0.2, 0.25) is 0 Å². The van der Waals surface area contributed by atoms with Crippen LogP contribution in [-0.2, 0) is 0 Å². The molecule has 2 heteroatoms. The van der Waals surface area contributed by atoms with Crippen molar-refractivity contribution in [3.63, 3.8) is 0 Å². The topological polar surface area (TPSA) is 3.24 Å². The molecule has 0 aromatic rings. The molecule has 1 rings (SSSR count). The van der Waals surface area contributed by atoms with Crippen LogP contribution in [-0.4, -0.2) is 28.3 Å². The first kappa shape index (κ1) is 19.4. The molecule has 2 atom stereocenters. The van der Waals surface area contributed by atoms with Crippen molar-refractivity contribution in [1.82, 2.24) is 4.90 Å². The Morgan fingerprint density at radius 1 is 1.00 bits per heavy atom. The number of piperidine rings is 1. The predicted molar refractivity (Wildman–Crippen MR) is 99.5 cm³/mol. The van der Waals surface area contributed by atoms with E-state index in [1.165, 1.54) is 83.7 Å². The van der Waals surface area contributed by atoms with E-state index in [0.717, 1.165) is 0 Å². The van der Waals surface area contributed by atoms with Crippen molar-refractivity contribution in [2.24, 2.45) is 0 Å². The minimum absolute atomic E-state index is 0.216. The Hall–Kier alpha value is 0.310. The molecule has 0 aliphatic carbocycles. The van der Waals surface area contributed by atoms with E-state index in [4.69, 9.17) is 12.6 Å². The molecule has 2 unspecified atom stereocenters. The fourth-order valence-corrected chi connectivity index (χ4v) is 4.12. The molecule has 0 spiro atoms. The molecule has 0 aromatic heterocycles. The van der Waals surface area contributed by atoms with E-state index in [9.17, 15) is 0 Å². The molecule has 1 heterocycles. The number of unbranched alkanes of at least 4 members (excludes halogenated alkanes) is 5. The zero-order chi connectivity index (χ0) is 15.8. The molecule has 0 amide bonds. The van der Waals surface area contributed by atoms with Crippen LogP contribution in [0.2, 0.25) is 0 Å². The molecule has 0 radical (unpaired) electrons. The van der Waals surface area contributed by atoms with Crippen molar-refractivity contribution in [2.75, 3.05) is 13.1 Å². The van der Waals surface area contributed by atoms with Crippen LogP contribution in [0.1, 0.15) is 98.3 Å². The maximum Gasteiger partial charge on any atom is 0.0229 e. The summed E-state index contributed by atoms with van der Waals surface area (Å²) in [5.74, 6) is 0. The average molecular weight is 314 g/mol. The van der Waals surface area contributed by atoms with Gasteiger partial charge >= 0.3 is 0 Å². The largest absolute Gasteiger partial charge is 0.297 e. The minimum Gasteiger partial charge on any atom is -0.297 e. The molecule has 1 aliphatic rings. The SMILES string of the molecule is CCCCCCCC(C)(CCCC)N1CCCC(C)(S)C1. The molecule has 0 saturated carbocycles. The monoisotopic (exact) mass is 313 g/mol. The van der Waals surface area contributed by atoms with E-state index in [1.54, 1.807) is 0 Å². The molecule has 1 aliphatic heterocycles. The summed E-state index contributed by atoms with van der Waals surface area (Å²) in [6, 6.07) is 0. The highest BCUT2D eigenvalue weighted by atomic mass is 32.1. The van der Waals surface area contributed by atoms with Gasteiger partial charge in [-0.25, -0.2) is 0 Å². The highest BCUT2D eigenvalue weighted by Crippen LogP contribution is 2.36. The maximum absolute atomic E-state index is 4.90. The van der Waals surface area contributed by atoms with Gasteiger partial charge in [-0.05, 0) is 46.1 Å². The maximum atomic E-state index is 4.90. The molecular formula is C19H39NS. The minimum atomic E-state index is 0.216. The third-order valence-electron chi connectivity index (χ3n) is 5.33. The van der Waals surface area contributed by atoms with Crippen LogP contribution in [0.4, 0.5) is 0 Å². The van der Waals surface area contributed by atoms with Gasteiger partial charge in [0, 0.05) is 16.8 Å². The normalized spacial score (nSPS) is 26.7. The second kappa shape index (κ2) is 9.45. The van der Waals surface area contributed by atoms with Gasteiger partial charge in [-0.3, -0.25) is 4.90 Å². The highest BCUT2D eigenvalue weighted by Gasteiger charge is 2.37. The summed E-state index contributed by atoms with van der Waals surface area (Å²) in [5.41, 5.74) is 0.409. The lowest BCUT2D eigenvalue weighted by Gasteiger charge is -2.48. The Kier molecular flexibility index (Phi) is 8.71. The highest BCUT2D eigenvalue weighted by molar-refractivity contribution is 7.81.